The molecule has 34 heavy (non-hydrogen) atoms. The van der Waals surface area contributed by atoms with Gasteiger partial charge in [0, 0.05) is 55.5 Å². The third kappa shape index (κ3) is 4.88. The van der Waals surface area contributed by atoms with Crippen LogP contribution >= 0.6 is 0 Å². The number of carbonyl (C=O) groups excluding carboxylic acids is 2. The van der Waals surface area contributed by atoms with Gasteiger partial charge in [0.1, 0.15) is 11.9 Å². The number of amides is 3. The number of hydrogen-bond donors (Lipinski definition) is 1. The second kappa shape index (κ2) is 9.65. The molecule has 3 heterocycles. The van der Waals surface area contributed by atoms with Crippen molar-refractivity contribution in [3.05, 3.63) is 54.4 Å². The van der Waals surface area contributed by atoms with Crippen LogP contribution in [-0.2, 0) is 4.79 Å². The molecule has 1 atom stereocenters. The Hall–Kier alpha value is -3.09. The number of nitrogens with zero attached hydrogens (tertiary/aromatic N) is 3. The van der Waals surface area contributed by atoms with Crippen LogP contribution in [-0.4, -0.2) is 59.0 Å². The minimum atomic E-state index is -0.193. The van der Waals surface area contributed by atoms with E-state index in [2.05, 4.69) is 23.3 Å². The van der Waals surface area contributed by atoms with Crippen molar-refractivity contribution in [1.82, 2.24) is 14.8 Å². The van der Waals surface area contributed by atoms with Gasteiger partial charge in [0.25, 0.3) is 0 Å². The standard InChI is InChI=1S/C27H34N4O3/c1-27(12-3-2-4-13-27)25(32)30-15-11-24(19-30)34-23-9-7-22(8-10-23)29-26(33)31-17-21(18-31)20-6-5-14-28-16-20/h5-10,14,16,21,24H,2-4,11-13,15,17-19H2,1H3,(H,29,33). The molecule has 2 aliphatic heterocycles. The van der Waals surface area contributed by atoms with Gasteiger partial charge < -0.3 is 19.9 Å². The first-order valence-corrected chi connectivity index (χ1v) is 12.5. The zero-order valence-electron chi connectivity index (χ0n) is 19.9. The Morgan fingerprint density at radius 1 is 1.03 bits per heavy atom. The quantitative estimate of drug-likeness (QED) is 0.701. The van der Waals surface area contributed by atoms with Gasteiger partial charge in [-0.3, -0.25) is 9.78 Å². The first-order chi connectivity index (χ1) is 16.5. The minimum Gasteiger partial charge on any atom is -0.489 e. The van der Waals surface area contributed by atoms with Crippen molar-refractivity contribution in [2.24, 2.45) is 5.41 Å². The Morgan fingerprint density at radius 2 is 1.79 bits per heavy atom. The second-order valence-corrected chi connectivity index (χ2v) is 10.2. The van der Waals surface area contributed by atoms with Crippen LogP contribution in [0, 0.1) is 5.41 Å². The molecule has 0 bridgehead atoms. The molecular weight excluding hydrogens is 428 g/mol. The number of anilines is 1. The van der Waals surface area contributed by atoms with Crippen molar-refractivity contribution in [3.63, 3.8) is 0 Å². The SMILES string of the molecule is CC1(C(=O)N2CCC(Oc3ccc(NC(=O)N4CC(c5cccnc5)C4)cc3)C2)CCCCC1. The molecule has 3 aliphatic rings. The highest BCUT2D eigenvalue weighted by Crippen LogP contribution is 2.38. The highest BCUT2D eigenvalue weighted by molar-refractivity contribution is 5.90. The van der Waals surface area contributed by atoms with Gasteiger partial charge in [0.05, 0.1) is 6.54 Å². The number of carbonyl (C=O) groups is 2. The molecule has 1 unspecified atom stereocenters. The molecule has 5 rings (SSSR count). The summed E-state index contributed by atoms with van der Waals surface area (Å²) in [7, 11) is 0. The Morgan fingerprint density at radius 3 is 2.50 bits per heavy atom. The predicted molar refractivity (Wildman–Crippen MR) is 131 cm³/mol. The molecular formula is C27H34N4O3. The maximum absolute atomic E-state index is 13.1. The lowest BCUT2D eigenvalue weighted by atomic mass is 9.75. The summed E-state index contributed by atoms with van der Waals surface area (Å²) in [4.78, 5) is 33.6. The lowest BCUT2D eigenvalue weighted by molar-refractivity contribution is -0.142. The smallest absolute Gasteiger partial charge is 0.321 e. The number of likely N-dealkylation sites (tertiary alicyclic amines) is 2. The number of aromatic nitrogens is 1. The highest BCUT2D eigenvalue weighted by Gasteiger charge is 2.40. The van der Waals surface area contributed by atoms with Crippen LogP contribution in [0.4, 0.5) is 10.5 Å². The van der Waals surface area contributed by atoms with Crippen molar-refractivity contribution < 1.29 is 14.3 Å². The van der Waals surface area contributed by atoms with Crippen LogP contribution in [0.25, 0.3) is 0 Å². The zero-order valence-corrected chi connectivity index (χ0v) is 19.9. The third-order valence-corrected chi connectivity index (χ3v) is 7.64. The van der Waals surface area contributed by atoms with Crippen LogP contribution < -0.4 is 10.1 Å². The predicted octanol–water partition coefficient (Wildman–Crippen LogP) is 4.66. The van der Waals surface area contributed by atoms with E-state index in [0.29, 0.717) is 31.5 Å². The van der Waals surface area contributed by atoms with E-state index in [0.717, 1.165) is 50.1 Å². The second-order valence-electron chi connectivity index (χ2n) is 10.2. The number of rotatable bonds is 5. The van der Waals surface area contributed by atoms with Gasteiger partial charge in [-0.05, 0) is 48.7 Å². The molecule has 1 aromatic carbocycles. The van der Waals surface area contributed by atoms with Gasteiger partial charge in [0.2, 0.25) is 5.91 Å². The van der Waals surface area contributed by atoms with Crippen molar-refractivity contribution in [2.45, 2.75) is 57.5 Å². The van der Waals surface area contributed by atoms with E-state index in [9.17, 15) is 9.59 Å². The van der Waals surface area contributed by atoms with Gasteiger partial charge in [-0.2, -0.15) is 0 Å². The maximum Gasteiger partial charge on any atom is 0.321 e. The van der Waals surface area contributed by atoms with Gasteiger partial charge in [-0.15, -0.1) is 0 Å². The largest absolute Gasteiger partial charge is 0.489 e. The third-order valence-electron chi connectivity index (χ3n) is 7.64. The molecule has 0 spiro atoms. The normalized spacial score (nSPS) is 22.2. The number of pyridine rings is 1. The number of benzene rings is 1. The molecule has 3 amide bonds. The summed E-state index contributed by atoms with van der Waals surface area (Å²) in [5.74, 6) is 1.42. The van der Waals surface area contributed by atoms with E-state index in [1.165, 1.54) is 12.0 Å². The first kappa shape index (κ1) is 22.7. The molecule has 2 aromatic rings. The molecule has 2 saturated heterocycles. The molecule has 1 N–H and O–H groups in total. The van der Waals surface area contributed by atoms with Gasteiger partial charge >= 0.3 is 6.03 Å². The molecule has 7 nitrogen and oxygen atoms in total. The fraction of sp³-hybridized carbons (Fsp3) is 0.519. The zero-order chi connectivity index (χ0) is 23.5. The molecule has 1 saturated carbocycles. The average Bonchev–Trinajstić information content (AvgIpc) is 3.28. The summed E-state index contributed by atoms with van der Waals surface area (Å²) in [6.07, 6.45) is 10.1. The van der Waals surface area contributed by atoms with E-state index in [4.69, 9.17) is 4.74 Å². The Bertz CT molecular complexity index is 998. The monoisotopic (exact) mass is 462 g/mol. The Kier molecular flexibility index (Phi) is 6.44. The van der Waals surface area contributed by atoms with Gasteiger partial charge in [-0.25, -0.2) is 4.79 Å². The van der Waals surface area contributed by atoms with E-state index < -0.39 is 0 Å². The van der Waals surface area contributed by atoms with Crippen LogP contribution in [0.3, 0.4) is 0 Å². The molecule has 7 heteroatoms. The number of nitrogens with one attached hydrogen (secondary N) is 1. The molecule has 1 aromatic heterocycles. The van der Waals surface area contributed by atoms with Crippen molar-refractivity contribution in [3.8, 4) is 5.75 Å². The van der Waals surface area contributed by atoms with Crippen molar-refractivity contribution in [1.29, 1.82) is 0 Å². The molecule has 3 fully saturated rings. The van der Waals surface area contributed by atoms with Gasteiger partial charge in [0.15, 0.2) is 0 Å². The van der Waals surface area contributed by atoms with E-state index in [1.807, 2.05) is 41.4 Å². The van der Waals surface area contributed by atoms with Gasteiger partial charge in [-0.1, -0.05) is 32.3 Å². The lowest BCUT2D eigenvalue weighted by Crippen LogP contribution is -2.50. The van der Waals surface area contributed by atoms with E-state index >= 15 is 0 Å². The lowest BCUT2D eigenvalue weighted by Gasteiger charge is -2.39. The van der Waals surface area contributed by atoms with Crippen LogP contribution in [0.2, 0.25) is 0 Å². The van der Waals surface area contributed by atoms with E-state index in [-0.39, 0.29) is 17.6 Å². The minimum absolute atomic E-state index is 0.0158. The topological polar surface area (TPSA) is 74.8 Å². The van der Waals surface area contributed by atoms with Crippen molar-refractivity contribution in [2.75, 3.05) is 31.5 Å². The fourth-order valence-corrected chi connectivity index (χ4v) is 5.42. The number of hydrogen-bond acceptors (Lipinski definition) is 4. The highest BCUT2D eigenvalue weighted by atomic mass is 16.5. The number of ether oxygens (including phenoxy) is 1. The summed E-state index contributed by atoms with van der Waals surface area (Å²) < 4.78 is 6.16. The average molecular weight is 463 g/mol. The molecule has 1 aliphatic carbocycles. The first-order valence-electron chi connectivity index (χ1n) is 12.5. The summed E-state index contributed by atoms with van der Waals surface area (Å²) >= 11 is 0. The summed E-state index contributed by atoms with van der Waals surface area (Å²) in [5.41, 5.74) is 1.73. The van der Waals surface area contributed by atoms with Crippen molar-refractivity contribution >= 4 is 17.6 Å². The van der Waals surface area contributed by atoms with Crippen LogP contribution in [0.1, 0.15) is 56.9 Å². The molecule has 0 radical (unpaired) electrons. The van der Waals surface area contributed by atoms with Crippen LogP contribution in [0.15, 0.2) is 48.8 Å². The fourth-order valence-electron chi connectivity index (χ4n) is 5.42. The number of urea groups is 1. The summed E-state index contributed by atoms with van der Waals surface area (Å²) in [6, 6.07) is 11.4. The summed E-state index contributed by atoms with van der Waals surface area (Å²) in [6.45, 7) is 4.96. The molecule has 180 valence electrons. The Labute approximate surface area is 201 Å². The Balaban J connectivity index is 1.08. The summed E-state index contributed by atoms with van der Waals surface area (Å²) in [5, 5.41) is 2.96. The maximum atomic E-state index is 13.1. The van der Waals surface area contributed by atoms with E-state index in [1.54, 1.807) is 11.1 Å². The van der Waals surface area contributed by atoms with Crippen LogP contribution in [0.5, 0.6) is 5.75 Å².